The van der Waals surface area contributed by atoms with Crippen molar-refractivity contribution in [3.05, 3.63) is 12.2 Å². The van der Waals surface area contributed by atoms with Gasteiger partial charge in [-0.3, -0.25) is 9.59 Å². The van der Waals surface area contributed by atoms with Crippen molar-refractivity contribution in [3.63, 3.8) is 0 Å². The molecule has 0 bridgehead atoms. The molecule has 0 aromatic heterocycles. The first-order chi connectivity index (χ1) is 11.1. The number of carbonyl (C=O) groups is 2. The zero-order valence-corrected chi connectivity index (χ0v) is 13.8. The van der Waals surface area contributed by atoms with Gasteiger partial charge in [0, 0.05) is 0 Å². The maximum atomic E-state index is 12.3. The third kappa shape index (κ3) is 1.48. The van der Waals surface area contributed by atoms with Crippen LogP contribution in [0.25, 0.3) is 0 Å². The molecular weight excluding hydrogens is 316 g/mol. The van der Waals surface area contributed by atoms with Crippen molar-refractivity contribution in [3.8, 4) is 0 Å². The Morgan fingerprint density at radius 2 is 1.88 bits per heavy atom. The fourth-order valence-corrected chi connectivity index (χ4v) is 5.80. The van der Waals surface area contributed by atoms with Crippen LogP contribution in [0.5, 0.6) is 0 Å². The summed E-state index contributed by atoms with van der Waals surface area (Å²) in [6, 6.07) is 0. The van der Waals surface area contributed by atoms with Crippen LogP contribution in [0, 0.1) is 28.1 Å². The van der Waals surface area contributed by atoms with Gasteiger partial charge < -0.3 is 24.8 Å². The van der Waals surface area contributed by atoms with Gasteiger partial charge >= 0.3 is 5.97 Å². The number of allylic oxidation sites excluding steroid dienone is 1. The van der Waals surface area contributed by atoms with E-state index >= 15 is 0 Å². The van der Waals surface area contributed by atoms with Gasteiger partial charge in [-0.05, 0) is 23.8 Å². The molecule has 2 saturated heterocycles. The Morgan fingerprint density at radius 3 is 2.42 bits per heavy atom. The van der Waals surface area contributed by atoms with E-state index in [0.29, 0.717) is 6.42 Å². The first-order valence-corrected chi connectivity index (χ1v) is 8.21. The minimum Gasteiger partial charge on any atom is -0.461 e. The lowest BCUT2D eigenvalue weighted by Gasteiger charge is -2.49. The van der Waals surface area contributed by atoms with Gasteiger partial charge in [0.2, 0.25) is 0 Å². The van der Waals surface area contributed by atoms with Crippen molar-refractivity contribution in [2.45, 2.75) is 52.0 Å². The highest BCUT2D eigenvalue weighted by Crippen LogP contribution is 2.73. The molecule has 2 spiro atoms. The van der Waals surface area contributed by atoms with Crippen LogP contribution in [-0.4, -0.2) is 51.9 Å². The predicted molar refractivity (Wildman–Crippen MR) is 79.1 cm³/mol. The third-order valence-electron chi connectivity index (χ3n) is 6.57. The van der Waals surface area contributed by atoms with Crippen molar-refractivity contribution in [2.24, 2.45) is 28.1 Å². The summed E-state index contributed by atoms with van der Waals surface area (Å²) in [5, 5.41) is 31.7. The maximum absolute atomic E-state index is 12.3. The normalized spacial score (nSPS) is 52.9. The Balaban J connectivity index is 2.00. The summed E-state index contributed by atoms with van der Waals surface area (Å²) < 4.78 is 10.7. The van der Waals surface area contributed by atoms with E-state index in [-0.39, 0.29) is 11.3 Å². The SMILES string of the molecule is CC(C)(C)[C@@H]1C[C@H]2OC(=O)[C@@H]3C(=O)C=CC32[C@@]12C(O)OC(O)[C@H]2O. The Bertz CT molecular complexity index is 650. The van der Waals surface area contributed by atoms with Crippen LogP contribution in [0.1, 0.15) is 27.2 Å². The molecule has 132 valence electrons. The van der Waals surface area contributed by atoms with E-state index in [9.17, 15) is 24.9 Å². The van der Waals surface area contributed by atoms with E-state index in [1.165, 1.54) is 6.08 Å². The van der Waals surface area contributed by atoms with Crippen LogP contribution in [0.3, 0.4) is 0 Å². The van der Waals surface area contributed by atoms with E-state index < -0.39 is 53.3 Å². The second kappa shape index (κ2) is 4.46. The Kier molecular flexibility index (Phi) is 3.01. The Hall–Kier alpha value is -1.28. The van der Waals surface area contributed by atoms with Gasteiger partial charge in [-0.15, -0.1) is 0 Å². The van der Waals surface area contributed by atoms with E-state index in [2.05, 4.69) is 0 Å². The lowest BCUT2D eigenvalue weighted by atomic mass is 9.52. The molecule has 8 atom stereocenters. The third-order valence-corrected chi connectivity index (χ3v) is 6.57. The number of ketones is 1. The number of esters is 1. The van der Waals surface area contributed by atoms with Crippen molar-refractivity contribution in [1.29, 1.82) is 0 Å². The monoisotopic (exact) mass is 338 g/mol. The van der Waals surface area contributed by atoms with Crippen LogP contribution in [0.2, 0.25) is 0 Å². The molecule has 24 heavy (non-hydrogen) atoms. The quantitative estimate of drug-likeness (QED) is 0.412. The Morgan fingerprint density at radius 1 is 1.21 bits per heavy atom. The smallest absolute Gasteiger partial charge is 0.318 e. The second-order valence-electron chi connectivity index (χ2n) is 8.44. The molecule has 2 aliphatic heterocycles. The molecular formula is C17H22O7. The van der Waals surface area contributed by atoms with E-state index in [0.717, 1.165) is 0 Å². The summed E-state index contributed by atoms with van der Waals surface area (Å²) in [5.41, 5.74) is -2.98. The van der Waals surface area contributed by atoms with Gasteiger partial charge in [-0.2, -0.15) is 0 Å². The van der Waals surface area contributed by atoms with Crippen molar-refractivity contribution in [1.82, 2.24) is 0 Å². The topological polar surface area (TPSA) is 113 Å². The molecule has 4 aliphatic rings. The average molecular weight is 338 g/mol. The molecule has 4 rings (SSSR count). The maximum Gasteiger partial charge on any atom is 0.318 e. The standard InChI is InChI=1S/C17H22O7/c1-15(2,3)8-6-9-16(5-4-7(18)10(16)12(20)23-9)17(8)11(19)13(21)24-14(17)22/h4-5,8-11,13-14,19,21-22H,6H2,1-3H3/t8-,9+,10-,11+,13?,14?,16?,17-/m0/s1. The minimum atomic E-state index is -1.58. The molecule has 2 aliphatic carbocycles. The number of hydrogen-bond acceptors (Lipinski definition) is 7. The summed E-state index contributed by atoms with van der Waals surface area (Å²) in [7, 11) is 0. The second-order valence-corrected chi connectivity index (χ2v) is 8.44. The van der Waals surface area contributed by atoms with E-state index in [1.54, 1.807) is 6.08 Å². The van der Waals surface area contributed by atoms with Gasteiger partial charge in [0.05, 0.1) is 10.8 Å². The fraction of sp³-hybridized carbons (Fsp3) is 0.765. The van der Waals surface area contributed by atoms with Crippen LogP contribution in [-0.2, 0) is 19.1 Å². The summed E-state index contributed by atoms with van der Waals surface area (Å²) in [6.45, 7) is 5.87. The van der Waals surface area contributed by atoms with Crippen LogP contribution in [0.4, 0.5) is 0 Å². The average Bonchev–Trinajstić information content (AvgIpc) is 3.09. The number of rotatable bonds is 0. The molecule has 3 fully saturated rings. The van der Waals surface area contributed by atoms with E-state index in [1.807, 2.05) is 20.8 Å². The number of ether oxygens (including phenoxy) is 2. The van der Waals surface area contributed by atoms with Gasteiger partial charge in [0.15, 0.2) is 18.4 Å². The zero-order valence-electron chi connectivity index (χ0n) is 13.8. The van der Waals surface area contributed by atoms with Gasteiger partial charge in [0.25, 0.3) is 0 Å². The first-order valence-electron chi connectivity index (χ1n) is 8.21. The van der Waals surface area contributed by atoms with E-state index in [4.69, 9.17) is 9.47 Å². The van der Waals surface area contributed by atoms with Crippen molar-refractivity contribution < 1.29 is 34.4 Å². The molecule has 0 radical (unpaired) electrons. The molecule has 7 nitrogen and oxygen atoms in total. The fourth-order valence-electron chi connectivity index (χ4n) is 5.80. The van der Waals surface area contributed by atoms with Crippen LogP contribution >= 0.6 is 0 Å². The summed E-state index contributed by atoms with van der Waals surface area (Å²) in [6.07, 6.45) is -1.87. The molecule has 2 heterocycles. The number of carbonyl (C=O) groups excluding carboxylic acids is 2. The van der Waals surface area contributed by atoms with Crippen LogP contribution in [0.15, 0.2) is 12.2 Å². The van der Waals surface area contributed by atoms with Crippen molar-refractivity contribution >= 4 is 11.8 Å². The lowest BCUT2D eigenvalue weighted by molar-refractivity contribution is -0.208. The summed E-state index contributed by atoms with van der Waals surface area (Å²) >= 11 is 0. The molecule has 3 unspecified atom stereocenters. The Labute approximate surface area is 139 Å². The van der Waals surface area contributed by atoms with Gasteiger partial charge in [-0.25, -0.2) is 0 Å². The number of hydrogen-bond donors (Lipinski definition) is 3. The first kappa shape index (κ1) is 16.2. The highest BCUT2D eigenvalue weighted by Gasteiger charge is 2.83. The van der Waals surface area contributed by atoms with Gasteiger partial charge in [0.1, 0.15) is 18.1 Å². The van der Waals surface area contributed by atoms with Crippen LogP contribution < -0.4 is 0 Å². The summed E-state index contributed by atoms with van der Waals surface area (Å²) in [5.74, 6) is -2.46. The minimum absolute atomic E-state index is 0.330. The number of aliphatic hydroxyl groups excluding tert-OH is 3. The molecule has 3 N–H and O–H groups in total. The molecule has 1 saturated carbocycles. The van der Waals surface area contributed by atoms with Gasteiger partial charge in [-0.1, -0.05) is 26.8 Å². The lowest BCUT2D eigenvalue weighted by Crippen LogP contribution is -2.59. The predicted octanol–water partition coefficient (Wildman–Crippen LogP) is -0.266. The number of aliphatic hydroxyl groups is 3. The largest absolute Gasteiger partial charge is 0.461 e. The molecule has 7 heteroatoms. The zero-order chi connectivity index (χ0) is 17.7. The van der Waals surface area contributed by atoms with Crippen molar-refractivity contribution in [2.75, 3.05) is 0 Å². The molecule has 0 amide bonds. The highest BCUT2D eigenvalue weighted by molar-refractivity contribution is 6.10. The molecule has 0 aromatic rings. The highest BCUT2D eigenvalue weighted by atomic mass is 16.7. The summed E-state index contributed by atoms with van der Waals surface area (Å²) in [4.78, 5) is 24.7. The molecule has 0 aromatic carbocycles.